The highest BCUT2D eigenvalue weighted by Gasteiger charge is 2.81. The van der Waals surface area contributed by atoms with Crippen molar-refractivity contribution in [2.75, 3.05) is 0 Å². The summed E-state index contributed by atoms with van der Waals surface area (Å²) in [7, 11) is 0. The summed E-state index contributed by atoms with van der Waals surface area (Å²) in [5.74, 6) is -0.465. The molecule has 4 unspecified atom stereocenters. The van der Waals surface area contributed by atoms with Gasteiger partial charge in [-0.3, -0.25) is 0 Å². The summed E-state index contributed by atoms with van der Waals surface area (Å²) >= 11 is 0. The molecule has 1 spiro atoms. The molecule has 23 heavy (non-hydrogen) atoms. The Balaban J connectivity index is 2.31. The normalized spacial score (nSPS) is 38.1. The molecule has 1 nitrogen and oxygen atoms in total. The third kappa shape index (κ3) is 2.10. The van der Waals surface area contributed by atoms with Crippen molar-refractivity contribution in [1.82, 2.24) is 0 Å². The highest BCUT2D eigenvalue weighted by Crippen LogP contribution is 2.84. The summed E-state index contributed by atoms with van der Waals surface area (Å²) in [6, 6.07) is 0. The lowest BCUT2D eigenvalue weighted by Crippen LogP contribution is -2.59. The third-order valence-corrected chi connectivity index (χ3v) is 7.06. The van der Waals surface area contributed by atoms with Crippen LogP contribution in [0, 0.1) is 28.6 Å². The van der Waals surface area contributed by atoms with Crippen LogP contribution in [0.15, 0.2) is 0 Å². The Labute approximate surface area is 132 Å². The van der Waals surface area contributed by atoms with Gasteiger partial charge in [-0.25, -0.2) is 0 Å². The first-order valence-corrected chi connectivity index (χ1v) is 8.08. The van der Waals surface area contributed by atoms with Gasteiger partial charge in [0.25, 0.3) is 5.60 Å². The summed E-state index contributed by atoms with van der Waals surface area (Å²) in [6.45, 7) is 7.82. The number of alkyl halides is 6. The van der Waals surface area contributed by atoms with Crippen molar-refractivity contribution in [3.8, 4) is 0 Å². The summed E-state index contributed by atoms with van der Waals surface area (Å²) in [5, 5.41) is 9.50. The van der Waals surface area contributed by atoms with E-state index in [9.17, 15) is 31.4 Å². The van der Waals surface area contributed by atoms with Crippen LogP contribution in [0.4, 0.5) is 26.3 Å². The average molecular weight is 346 g/mol. The van der Waals surface area contributed by atoms with Crippen LogP contribution in [0.1, 0.15) is 53.4 Å². The predicted octanol–water partition coefficient (Wildman–Crippen LogP) is 5.33. The fourth-order valence-corrected chi connectivity index (χ4v) is 5.83. The first-order chi connectivity index (χ1) is 10.2. The van der Waals surface area contributed by atoms with Crippen LogP contribution in [0.5, 0.6) is 0 Å². The maximum atomic E-state index is 13.0. The van der Waals surface area contributed by atoms with Gasteiger partial charge in [0.1, 0.15) is 0 Å². The van der Waals surface area contributed by atoms with E-state index in [-0.39, 0.29) is 17.3 Å². The molecule has 2 aliphatic carbocycles. The standard InChI is InChI=1S/C16H24F6O/c1-5-12(9(2)3)10(4)13(12)7-6-11(13)8-14(23,15(17,18)19)16(20,21)22/h9-11,23H,5-8H2,1-4H3. The second kappa shape index (κ2) is 5.02. The predicted molar refractivity (Wildman–Crippen MR) is 73.6 cm³/mol. The van der Waals surface area contributed by atoms with Crippen molar-refractivity contribution in [2.45, 2.75) is 71.3 Å². The van der Waals surface area contributed by atoms with E-state index in [1.165, 1.54) is 0 Å². The molecule has 2 rings (SSSR count). The van der Waals surface area contributed by atoms with Crippen LogP contribution >= 0.6 is 0 Å². The van der Waals surface area contributed by atoms with Crippen LogP contribution in [0.3, 0.4) is 0 Å². The maximum Gasteiger partial charge on any atom is 0.426 e. The van der Waals surface area contributed by atoms with Gasteiger partial charge in [0, 0.05) is 0 Å². The van der Waals surface area contributed by atoms with Crippen LogP contribution in [0.25, 0.3) is 0 Å². The van der Waals surface area contributed by atoms with Gasteiger partial charge in [0.05, 0.1) is 0 Å². The highest BCUT2D eigenvalue weighted by molar-refractivity contribution is 5.27. The van der Waals surface area contributed by atoms with Crippen LogP contribution in [-0.2, 0) is 0 Å². The third-order valence-electron chi connectivity index (χ3n) is 7.06. The molecule has 0 saturated heterocycles. The Morgan fingerprint density at radius 1 is 1.09 bits per heavy atom. The van der Waals surface area contributed by atoms with Gasteiger partial charge in [-0.05, 0) is 54.3 Å². The van der Waals surface area contributed by atoms with E-state index in [2.05, 4.69) is 0 Å². The summed E-state index contributed by atoms with van der Waals surface area (Å²) < 4.78 is 77.7. The van der Waals surface area contributed by atoms with Crippen LogP contribution < -0.4 is 0 Å². The second-order valence-electron chi connectivity index (χ2n) is 7.61. The van der Waals surface area contributed by atoms with Crippen molar-refractivity contribution >= 4 is 0 Å². The van der Waals surface area contributed by atoms with E-state index in [0.717, 1.165) is 6.42 Å². The van der Waals surface area contributed by atoms with Crippen molar-refractivity contribution in [3.05, 3.63) is 0 Å². The lowest BCUT2D eigenvalue weighted by molar-refractivity contribution is -0.375. The van der Waals surface area contributed by atoms with E-state index < -0.39 is 35.7 Å². The molecule has 136 valence electrons. The van der Waals surface area contributed by atoms with Crippen molar-refractivity contribution < 1.29 is 31.4 Å². The van der Waals surface area contributed by atoms with Crippen LogP contribution in [0.2, 0.25) is 0 Å². The molecule has 0 aromatic heterocycles. The van der Waals surface area contributed by atoms with Gasteiger partial charge in [0.15, 0.2) is 0 Å². The minimum Gasteiger partial charge on any atom is -0.374 e. The maximum absolute atomic E-state index is 13.0. The Kier molecular flexibility index (Phi) is 4.12. The molecule has 0 aromatic rings. The van der Waals surface area contributed by atoms with Gasteiger partial charge in [-0.2, -0.15) is 26.3 Å². The van der Waals surface area contributed by atoms with Crippen molar-refractivity contribution in [3.63, 3.8) is 0 Å². The molecular formula is C16H24F6O. The molecule has 0 aromatic carbocycles. The molecule has 2 aliphatic rings. The zero-order valence-electron chi connectivity index (χ0n) is 13.8. The molecule has 0 amide bonds. The number of hydrogen-bond donors (Lipinski definition) is 1. The molecule has 2 fully saturated rings. The van der Waals surface area contributed by atoms with Gasteiger partial charge in [0.2, 0.25) is 0 Å². The Bertz CT molecular complexity index is 454. The monoisotopic (exact) mass is 346 g/mol. The average Bonchev–Trinajstić information content (AvgIpc) is 2.95. The summed E-state index contributed by atoms with van der Waals surface area (Å²) in [5.41, 5.74) is -5.31. The van der Waals surface area contributed by atoms with E-state index in [4.69, 9.17) is 0 Å². The topological polar surface area (TPSA) is 20.2 Å². The number of halogens is 6. The van der Waals surface area contributed by atoms with Gasteiger partial charge >= 0.3 is 12.4 Å². The molecule has 0 radical (unpaired) electrons. The lowest BCUT2D eigenvalue weighted by atomic mass is 9.59. The second-order valence-corrected chi connectivity index (χ2v) is 7.61. The van der Waals surface area contributed by atoms with Crippen molar-refractivity contribution in [2.24, 2.45) is 28.6 Å². The van der Waals surface area contributed by atoms with E-state index >= 15 is 0 Å². The minimum atomic E-state index is -5.72. The van der Waals surface area contributed by atoms with E-state index in [0.29, 0.717) is 12.8 Å². The quantitative estimate of drug-likeness (QED) is 0.682. The van der Waals surface area contributed by atoms with Crippen molar-refractivity contribution in [1.29, 1.82) is 0 Å². The molecular weight excluding hydrogens is 322 g/mol. The Morgan fingerprint density at radius 3 is 1.78 bits per heavy atom. The van der Waals surface area contributed by atoms with E-state index in [1.807, 2.05) is 27.7 Å². The van der Waals surface area contributed by atoms with Gasteiger partial charge in [-0.15, -0.1) is 0 Å². The molecule has 7 heteroatoms. The Hall–Kier alpha value is -0.460. The number of hydrogen-bond acceptors (Lipinski definition) is 1. The molecule has 4 atom stereocenters. The number of rotatable bonds is 4. The fraction of sp³-hybridized carbons (Fsp3) is 1.00. The highest BCUT2D eigenvalue weighted by atomic mass is 19.4. The minimum absolute atomic E-state index is 0.0875. The smallest absolute Gasteiger partial charge is 0.374 e. The fourth-order valence-electron chi connectivity index (χ4n) is 5.83. The zero-order chi connectivity index (χ0) is 18.1. The molecule has 0 heterocycles. The molecule has 2 saturated carbocycles. The lowest BCUT2D eigenvalue weighted by Gasteiger charge is -2.47. The largest absolute Gasteiger partial charge is 0.426 e. The van der Waals surface area contributed by atoms with E-state index in [1.54, 1.807) is 0 Å². The molecule has 1 N–H and O–H groups in total. The van der Waals surface area contributed by atoms with Gasteiger partial charge < -0.3 is 5.11 Å². The summed E-state index contributed by atoms with van der Waals surface area (Å²) in [4.78, 5) is 0. The first kappa shape index (κ1) is 18.9. The SMILES string of the molecule is CCC1(C(C)C)C(C)C12CCC2CC(O)(C(F)(F)F)C(F)(F)F. The molecule has 0 aliphatic heterocycles. The zero-order valence-corrected chi connectivity index (χ0v) is 13.8. The Morgan fingerprint density at radius 2 is 1.57 bits per heavy atom. The summed E-state index contributed by atoms with van der Waals surface area (Å²) in [6.07, 6.45) is -11.0. The molecule has 0 bridgehead atoms. The van der Waals surface area contributed by atoms with Gasteiger partial charge in [-0.1, -0.05) is 27.7 Å². The van der Waals surface area contributed by atoms with Crippen LogP contribution in [-0.4, -0.2) is 23.1 Å². The first-order valence-electron chi connectivity index (χ1n) is 8.08. The number of aliphatic hydroxyl groups is 1.